The summed E-state index contributed by atoms with van der Waals surface area (Å²) < 4.78 is 7.15. The van der Waals surface area contributed by atoms with Crippen LogP contribution in [0.5, 0.6) is 0 Å². The summed E-state index contributed by atoms with van der Waals surface area (Å²) in [6.07, 6.45) is 8.54. The highest BCUT2D eigenvalue weighted by atomic mass is 16.5. The maximum Gasteiger partial charge on any atom is 0.337 e. The van der Waals surface area contributed by atoms with E-state index in [-0.39, 0.29) is 11.5 Å². The standard InChI is InChI=1S/C34H35NO4/c1-3-4-10-30-32(26-17-15-25(16-18-26)24-8-6-5-7-9-24)29-20-19-28(33(36)37)21-31(29)35(30)22-23-11-13-27(14-12-23)34(38)39-2/h5-9,11-14,17,19-21,25H,3-4,10,15-16,18,22H2,1-2H3,(H,36,37). The fraction of sp³-hybridized carbons (Fsp3) is 0.294. The Balaban J connectivity index is 1.60. The van der Waals surface area contributed by atoms with Crippen LogP contribution in [0.25, 0.3) is 16.5 Å². The minimum absolute atomic E-state index is 0.289. The minimum Gasteiger partial charge on any atom is -0.478 e. The molecule has 0 fully saturated rings. The van der Waals surface area contributed by atoms with E-state index in [0.29, 0.717) is 18.0 Å². The largest absolute Gasteiger partial charge is 0.478 e. The predicted octanol–water partition coefficient (Wildman–Crippen LogP) is 7.87. The van der Waals surface area contributed by atoms with Crippen molar-refractivity contribution in [2.45, 2.75) is 57.9 Å². The molecule has 0 amide bonds. The van der Waals surface area contributed by atoms with Gasteiger partial charge >= 0.3 is 11.9 Å². The van der Waals surface area contributed by atoms with Gasteiger partial charge in [-0.1, -0.05) is 68.0 Å². The first-order valence-electron chi connectivity index (χ1n) is 13.8. The Hall–Kier alpha value is -4.12. The highest BCUT2D eigenvalue weighted by molar-refractivity contribution is 5.99. The van der Waals surface area contributed by atoms with Gasteiger partial charge in [0.05, 0.1) is 23.8 Å². The molecular weight excluding hydrogens is 486 g/mol. The number of hydrogen-bond acceptors (Lipinski definition) is 3. The van der Waals surface area contributed by atoms with Gasteiger partial charge in [0, 0.05) is 23.2 Å². The van der Waals surface area contributed by atoms with Crippen LogP contribution in [-0.4, -0.2) is 28.7 Å². The Morgan fingerprint density at radius 1 is 1.00 bits per heavy atom. The Bertz CT molecular complexity index is 1510. The number of esters is 1. The summed E-state index contributed by atoms with van der Waals surface area (Å²) in [5.41, 5.74) is 8.08. The third-order valence-electron chi connectivity index (χ3n) is 7.91. The molecule has 5 rings (SSSR count). The molecule has 1 aliphatic rings. The number of carboxylic acids is 1. The number of fused-ring (bicyclic) bond motifs is 1. The first kappa shape index (κ1) is 26.5. The molecular formula is C34H35NO4. The van der Waals surface area contributed by atoms with Crippen molar-refractivity contribution in [2.24, 2.45) is 0 Å². The van der Waals surface area contributed by atoms with Crippen molar-refractivity contribution < 1.29 is 19.4 Å². The SMILES string of the molecule is CCCCc1c(C2=CCC(c3ccccc3)CC2)c2ccc(C(=O)O)cc2n1Cc1ccc(C(=O)OC)cc1. The summed E-state index contributed by atoms with van der Waals surface area (Å²) in [4.78, 5) is 23.9. The number of ether oxygens (including phenoxy) is 1. The van der Waals surface area contributed by atoms with Gasteiger partial charge in [-0.25, -0.2) is 9.59 Å². The Kier molecular flexibility index (Phi) is 7.97. The molecule has 0 saturated heterocycles. The van der Waals surface area contributed by atoms with E-state index in [1.807, 2.05) is 24.3 Å². The zero-order chi connectivity index (χ0) is 27.4. The summed E-state index contributed by atoms with van der Waals surface area (Å²) in [7, 11) is 1.38. The van der Waals surface area contributed by atoms with Gasteiger partial charge < -0.3 is 14.4 Å². The second kappa shape index (κ2) is 11.7. The molecule has 4 aromatic rings. The zero-order valence-electron chi connectivity index (χ0n) is 22.7. The minimum atomic E-state index is -0.925. The van der Waals surface area contributed by atoms with Crippen LogP contribution in [0.1, 0.15) is 88.0 Å². The van der Waals surface area contributed by atoms with E-state index in [0.717, 1.165) is 55.0 Å². The highest BCUT2D eigenvalue weighted by Gasteiger charge is 2.24. The van der Waals surface area contributed by atoms with Crippen LogP contribution in [0.2, 0.25) is 0 Å². The molecule has 0 aliphatic heterocycles. The van der Waals surface area contributed by atoms with E-state index in [2.05, 4.69) is 47.9 Å². The molecule has 1 N–H and O–H groups in total. The van der Waals surface area contributed by atoms with Gasteiger partial charge in [0.15, 0.2) is 0 Å². The molecule has 0 saturated carbocycles. The number of aromatic nitrogens is 1. The topological polar surface area (TPSA) is 68.5 Å². The quantitative estimate of drug-likeness (QED) is 0.228. The van der Waals surface area contributed by atoms with Gasteiger partial charge in [-0.05, 0) is 79.0 Å². The molecule has 1 aliphatic carbocycles. The van der Waals surface area contributed by atoms with Crippen molar-refractivity contribution >= 4 is 28.4 Å². The number of carboxylic acid groups (broad SMARTS) is 1. The molecule has 5 nitrogen and oxygen atoms in total. The van der Waals surface area contributed by atoms with Crippen molar-refractivity contribution in [1.82, 2.24) is 4.57 Å². The number of unbranched alkanes of at least 4 members (excludes halogenated alkanes) is 1. The number of nitrogens with zero attached hydrogens (tertiary/aromatic N) is 1. The van der Waals surface area contributed by atoms with E-state index in [4.69, 9.17) is 4.74 Å². The summed E-state index contributed by atoms with van der Waals surface area (Å²) in [6.45, 7) is 2.80. The van der Waals surface area contributed by atoms with Crippen molar-refractivity contribution in [2.75, 3.05) is 7.11 Å². The van der Waals surface area contributed by atoms with Crippen molar-refractivity contribution in [3.63, 3.8) is 0 Å². The first-order valence-corrected chi connectivity index (χ1v) is 13.8. The lowest BCUT2D eigenvalue weighted by atomic mass is 9.82. The molecule has 1 aromatic heterocycles. The van der Waals surface area contributed by atoms with Crippen LogP contribution in [-0.2, 0) is 17.7 Å². The Morgan fingerprint density at radius 3 is 2.38 bits per heavy atom. The van der Waals surface area contributed by atoms with Crippen molar-refractivity contribution in [3.8, 4) is 0 Å². The maximum absolute atomic E-state index is 11.9. The number of aromatic carboxylic acids is 1. The van der Waals surface area contributed by atoms with Gasteiger partial charge in [-0.3, -0.25) is 0 Å². The second-order valence-corrected chi connectivity index (χ2v) is 10.3. The van der Waals surface area contributed by atoms with Gasteiger partial charge in [-0.2, -0.15) is 0 Å². The molecule has 39 heavy (non-hydrogen) atoms. The summed E-state index contributed by atoms with van der Waals surface area (Å²) >= 11 is 0. The lowest BCUT2D eigenvalue weighted by Gasteiger charge is -2.23. The molecule has 200 valence electrons. The van der Waals surface area contributed by atoms with Crippen molar-refractivity contribution in [1.29, 1.82) is 0 Å². The molecule has 0 bridgehead atoms. The van der Waals surface area contributed by atoms with Crippen molar-refractivity contribution in [3.05, 3.63) is 112 Å². The van der Waals surface area contributed by atoms with Crippen LogP contribution in [0.3, 0.4) is 0 Å². The fourth-order valence-electron chi connectivity index (χ4n) is 5.81. The molecule has 1 unspecified atom stereocenters. The van der Waals surface area contributed by atoms with Crippen LogP contribution in [0.4, 0.5) is 0 Å². The number of carbonyl (C=O) groups excluding carboxylic acids is 1. The summed E-state index contributed by atoms with van der Waals surface area (Å²) in [5, 5.41) is 10.9. The number of methoxy groups -OCH3 is 1. The van der Waals surface area contributed by atoms with E-state index in [1.54, 1.807) is 18.2 Å². The maximum atomic E-state index is 11.9. The van der Waals surface area contributed by atoms with E-state index in [9.17, 15) is 14.7 Å². The molecule has 1 heterocycles. The van der Waals surface area contributed by atoms with E-state index >= 15 is 0 Å². The first-order chi connectivity index (χ1) is 19.0. The second-order valence-electron chi connectivity index (χ2n) is 10.3. The molecule has 0 spiro atoms. The molecule has 1 atom stereocenters. The van der Waals surface area contributed by atoms with Gasteiger partial charge in [0.25, 0.3) is 0 Å². The summed E-state index contributed by atoms with van der Waals surface area (Å²) in [6, 6.07) is 23.7. The third kappa shape index (κ3) is 5.53. The van der Waals surface area contributed by atoms with Crippen LogP contribution in [0, 0.1) is 0 Å². The number of rotatable bonds is 9. The average molecular weight is 522 g/mol. The molecule has 0 radical (unpaired) electrons. The lowest BCUT2D eigenvalue weighted by molar-refractivity contribution is 0.0599. The monoisotopic (exact) mass is 521 g/mol. The van der Waals surface area contributed by atoms with Gasteiger partial charge in [0.1, 0.15) is 0 Å². The average Bonchev–Trinajstić information content (AvgIpc) is 3.28. The van der Waals surface area contributed by atoms with Gasteiger partial charge in [0.2, 0.25) is 0 Å². The smallest absolute Gasteiger partial charge is 0.337 e. The zero-order valence-corrected chi connectivity index (χ0v) is 22.7. The fourth-order valence-corrected chi connectivity index (χ4v) is 5.81. The Morgan fingerprint density at radius 2 is 1.74 bits per heavy atom. The lowest BCUT2D eigenvalue weighted by Crippen LogP contribution is -2.09. The number of benzene rings is 3. The normalized spacial score (nSPS) is 15.2. The van der Waals surface area contributed by atoms with Crippen LogP contribution >= 0.6 is 0 Å². The summed E-state index contributed by atoms with van der Waals surface area (Å²) in [5.74, 6) is -0.760. The van der Waals surface area contributed by atoms with Gasteiger partial charge in [-0.15, -0.1) is 0 Å². The molecule has 5 heteroatoms. The van der Waals surface area contributed by atoms with Crippen LogP contribution in [0.15, 0.2) is 78.9 Å². The predicted molar refractivity (Wildman–Crippen MR) is 155 cm³/mol. The molecule has 3 aromatic carbocycles. The number of carbonyl (C=O) groups is 2. The van der Waals surface area contributed by atoms with E-state index in [1.165, 1.54) is 29.5 Å². The highest BCUT2D eigenvalue weighted by Crippen LogP contribution is 2.41. The third-order valence-corrected chi connectivity index (χ3v) is 7.91. The number of allylic oxidation sites excluding steroid dienone is 2. The van der Waals surface area contributed by atoms with Crippen LogP contribution < -0.4 is 0 Å². The Labute approximate surface area is 229 Å². The van der Waals surface area contributed by atoms with E-state index < -0.39 is 5.97 Å². The number of hydrogen-bond donors (Lipinski definition) is 1.